The molecule has 1 amide bonds. The first kappa shape index (κ1) is 25.6. The quantitative estimate of drug-likeness (QED) is 0.536. The lowest BCUT2D eigenvalue weighted by Crippen LogP contribution is -2.30. The van der Waals surface area contributed by atoms with Gasteiger partial charge in [-0.25, -0.2) is 12.8 Å². The van der Waals surface area contributed by atoms with Crippen molar-refractivity contribution in [3.05, 3.63) is 47.8 Å². The van der Waals surface area contributed by atoms with Crippen molar-refractivity contribution in [2.45, 2.75) is 51.5 Å². The third-order valence-electron chi connectivity index (χ3n) is 4.79. The number of nitrogens with zero attached hydrogens (tertiary/aromatic N) is 1. The molecule has 0 bridgehead atoms. The van der Waals surface area contributed by atoms with E-state index in [1.807, 2.05) is 13.8 Å². The number of amides is 1. The lowest BCUT2D eigenvalue weighted by Gasteiger charge is -2.20. The van der Waals surface area contributed by atoms with E-state index >= 15 is 0 Å². The molecule has 0 unspecified atom stereocenters. The molecule has 9 heteroatoms. The molecule has 0 heterocycles. The standard InChI is InChI=1S/C23H31FN2O5S/c1-6-26(7-2)32(28,29)18-10-12-22(31-16(3)4)20(15-18)25-23(27)13-9-17-8-11-21(30-5)19(24)14-17/h8,10-12,14-16H,6-7,9,13H2,1-5H3,(H,25,27). The van der Waals surface area contributed by atoms with Gasteiger partial charge in [0.1, 0.15) is 5.75 Å². The Morgan fingerprint density at radius 3 is 2.31 bits per heavy atom. The predicted molar refractivity (Wildman–Crippen MR) is 122 cm³/mol. The highest BCUT2D eigenvalue weighted by Crippen LogP contribution is 2.30. The molecule has 0 saturated carbocycles. The largest absolute Gasteiger partial charge is 0.494 e. The van der Waals surface area contributed by atoms with E-state index in [4.69, 9.17) is 9.47 Å². The summed E-state index contributed by atoms with van der Waals surface area (Å²) in [5, 5.41) is 2.75. The molecule has 0 fully saturated rings. The highest BCUT2D eigenvalue weighted by atomic mass is 32.2. The molecule has 0 aliphatic rings. The minimum absolute atomic E-state index is 0.0739. The van der Waals surface area contributed by atoms with E-state index in [1.54, 1.807) is 26.0 Å². The Balaban J connectivity index is 2.23. The third kappa shape index (κ3) is 6.43. The van der Waals surface area contributed by atoms with E-state index in [0.29, 0.717) is 30.8 Å². The zero-order valence-corrected chi connectivity index (χ0v) is 20.0. The Morgan fingerprint density at radius 2 is 1.75 bits per heavy atom. The van der Waals surface area contributed by atoms with Gasteiger partial charge in [0.2, 0.25) is 15.9 Å². The van der Waals surface area contributed by atoms with Crippen molar-refractivity contribution < 1.29 is 27.1 Å². The fourth-order valence-corrected chi connectivity index (χ4v) is 4.66. The second kappa shape index (κ2) is 11.3. The van der Waals surface area contributed by atoms with E-state index < -0.39 is 15.8 Å². The fourth-order valence-electron chi connectivity index (χ4n) is 3.17. The summed E-state index contributed by atoms with van der Waals surface area (Å²) in [7, 11) is -2.31. The zero-order valence-electron chi connectivity index (χ0n) is 19.1. The van der Waals surface area contributed by atoms with Crippen LogP contribution < -0.4 is 14.8 Å². The van der Waals surface area contributed by atoms with Gasteiger partial charge in [-0.15, -0.1) is 0 Å². The number of ether oxygens (including phenoxy) is 2. The van der Waals surface area contributed by atoms with Crippen LogP contribution in [-0.4, -0.2) is 44.9 Å². The van der Waals surface area contributed by atoms with Gasteiger partial charge in [-0.3, -0.25) is 4.79 Å². The van der Waals surface area contributed by atoms with Crippen LogP contribution in [-0.2, 0) is 21.2 Å². The topological polar surface area (TPSA) is 84.9 Å². The van der Waals surface area contributed by atoms with Gasteiger partial charge in [0, 0.05) is 19.5 Å². The monoisotopic (exact) mass is 466 g/mol. The summed E-state index contributed by atoms with van der Waals surface area (Å²) in [5.41, 5.74) is 0.924. The Bertz CT molecular complexity index is 1040. The summed E-state index contributed by atoms with van der Waals surface area (Å²) in [6, 6.07) is 8.97. The second-order valence-electron chi connectivity index (χ2n) is 7.43. The molecule has 0 aliphatic heterocycles. The summed E-state index contributed by atoms with van der Waals surface area (Å²) < 4.78 is 51.6. The predicted octanol–water partition coefficient (Wildman–Crippen LogP) is 4.22. The summed E-state index contributed by atoms with van der Waals surface area (Å²) >= 11 is 0. The number of halogens is 1. The van der Waals surface area contributed by atoms with E-state index in [1.165, 1.54) is 35.7 Å². The van der Waals surface area contributed by atoms with Crippen molar-refractivity contribution in [2.24, 2.45) is 0 Å². The van der Waals surface area contributed by atoms with E-state index in [0.717, 1.165) is 0 Å². The van der Waals surface area contributed by atoms with Crippen LogP contribution in [0.4, 0.5) is 10.1 Å². The van der Waals surface area contributed by atoms with Crippen LogP contribution >= 0.6 is 0 Å². The second-order valence-corrected chi connectivity index (χ2v) is 9.37. The van der Waals surface area contributed by atoms with Crippen LogP contribution in [0.25, 0.3) is 0 Å². The molecular weight excluding hydrogens is 435 g/mol. The molecule has 2 aromatic rings. The number of benzene rings is 2. The van der Waals surface area contributed by atoms with Crippen LogP contribution in [0.1, 0.15) is 39.7 Å². The molecule has 0 aromatic heterocycles. The molecule has 176 valence electrons. The summed E-state index contributed by atoms with van der Waals surface area (Å²) in [5.74, 6) is -0.318. The van der Waals surface area contributed by atoms with Gasteiger partial charge < -0.3 is 14.8 Å². The normalized spacial score (nSPS) is 11.6. The number of carbonyl (C=O) groups excluding carboxylic acids is 1. The molecule has 1 N–H and O–H groups in total. The lowest BCUT2D eigenvalue weighted by molar-refractivity contribution is -0.116. The maximum absolute atomic E-state index is 13.9. The molecule has 2 aromatic carbocycles. The number of methoxy groups -OCH3 is 1. The van der Waals surface area contributed by atoms with Gasteiger partial charge in [0.15, 0.2) is 11.6 Å². The molecule has 7 nitrogen and oxygen atoms in total. The third-order valence-corrected chi connectivity index (χ3v) is 6.83. The maximum atomic E-state index is 13.9. The van der Waals surface area contributed by atoms with E-state index in [2.05, 4.69) is 5.32 Å². The van der Waals surface area contributed by atoms with Gasteiger partial charge in [0.05, 0.1) is 23.8 Å². The van der Waals surface area contributed by atoms with Crippen molar-refractivity contribution in [3.8, 4) is 11.5 Å². The number of nitrogens with one attached hydrogen (secondary N) is 1. The highest BCUT2D eigenvalue weighted by molar-refractivity contribution is 7.89. The Kier molecular flexibility index (Phi) is 9.03. The van der Waals surface area contributed by atoms with E-state index in [9.17, 15) is 17.6 Å². The van der Waals surface area contributed by atoms with Gasteiger partial charge in [-0.2, -0.15) is 4.31 Å². The number of anilines is 1. The minimum atomic E-state index is -3.70. The smallest absolute Gasteiger partial charge is 0.243 e. The van der Waals surface area contributed by atoms with Gasteiger partial charge in [0.25, 0.3) is 0 Å². The van der Waals surface area contributed by atoms with E-state index in [-0.39, 0.29) is 34.8 Å². The first-order valence-corrected chi connectivity index (χ1v) is 12.0. The molecule has 32 heavy (non-hydrogen) atoms. The van der Waals surface area contributed by atoms with Crippen molar-refractivity contribution in [1.29, 1.82) is 0 Å². The lowest BCUT2D eigenvalue weighted by atomic mass is 10.1. The van der Waals surface area contributed by atoms with Crippen LogP contribution in [0.5, 0.6) is 11.5 Å². The van der Waals surface area contributed by atoms with Crippen molar-refractivity contribution in [3.63, 3.8) is 0 Å². The summed E-state index contributed by atoms with van der Waals surface area (Å²) in [4.78, 5) is 12.7. The fraction of sp³-hybridized carbons (Fsp3) is 0.435. The number of hydrogen-bond acceptors (Lipinski definition) is 5. The van der Waals surface area contributed by atoms with Crippen molar-refractivity contribution in [2.75, 3.05) is 25.5 Å². The van der Waals surface area contributed by atoms with Crippen LogP contribution in [0.2, 0.25) is 0 Å². The molecule has 0 aliphatic carbocycles. The average Bonchev–Trinajstić information content (AvgIpc) is 2.73. The number of rotatable bonds is 11. The van der Waals surface area contributed by atoms with Crippen LogP contribution in [0.15, 0.2) is 41.3 Å². The first-order chi connectivity index (χ1) is 15.1. The van der Waals surface area contributed by atoms with Gasteiger partial charge >= 0.3 is 0 Å². The number of carbonyl (C=O) groups is 1. The molecule has 0 spiro atoms. The highest BCUT2D eigenvalue weighted by Gasteiger charge is 2.23. The van der Waals surface area contributed by atoms with Crippen LogP contribution in [0.3, 0.4) is 0 Å². The average molecular weight is 467 g/mol. The number of hydrogen-bond donors (Lipinski definition) is 1. The Hall–Kier alpha value is -2.65. The first-order valence-electron chi connectivity index (χ1n) is 10.5. The summed E-state index contributed by atoms with van der Waals surface area (Å²) in [6.45, 7) is 7.88. The molecule has 2 rings (SSSR count). The van der Waals surface area contributed by atoms with Gasteiger partial charge in [-0.1, -0.05) is 19.9 Å². The van der Waals surface area contributed by atoms with Crippen molar-refractivity contribution in [1.82, 2.24) is 4.31 Å². The minimum Gasteiger partial charge on any atom is -0.494 e. The summed E-state index contributed by atoms with van der Waals surface area (Å²) in [6.07, 6.45) is 0.225. The zero-order chi connectivity index (χ0) is 23.9. The van der Waals surface area contributed by atoms with Gasteiger partial charge in [-0.05, 0) is 56.2 Å². The van der Waals surface area contributed by atoms with Crippen molar-refractivity contribution >= 4 is 21.6 Å². The Morgan fingerprint density at radius 1 is 1.09 bits per heavy atom. The SMILES string of the molecule is CCN(CC)S(=O)(=O)c1ccc(OC(C)C)c(NC(=O)CCc2ccc(OC)c(F)c2)c1. The molecule has 0 saturated heterocycles. The molecule has 0 radical (unpaired) electrons. The maximum Gasteiger partial charge on any atom is 0.243 e. The molecular formula is C23H31FN2O5S. The van der Waals surface area contributed by atoms with Crippen LogP contribution in [0, 0.1) is 5.82 Å². The molecule has 0 atom stereocenters. The number of sulfonamides is 1. The Labute approximate surface area is 189 Å². The number of aryl methyl sites for hydroxylation is 1.